The second-order valence-electron chi connectivity index (χ2n) is 6.92. The van der Waals surface area contributed by atoms with Crippen molar-refractivity contribution in [3.63, 3.8) is 0 Å². The Labute approximate surface area is 113 Å². The molecule has 0 aromatic carbocycles. The van der Waals surface area contributed by atoms with E-state index in [4.69, 9.17) is 4.74 Å². The van der Waals surface area contributed by atoms with Crippen molar-refractivity contribution >= 4 is 0 Å². The van der Waals surface area contributed by atoms with Gasteiger partial charge in [-0.25, -0.2) is 0 Å². The first-order valence-electron chi connectivity index (χ1n) is 7.98. The summed E-state index contributed by atoms with van der Waals surface area (Å²) >= 11 is 0. The highest BCUT2D eigenvalue weighted by Gasteiger charge is 2.30. The molecule has 2 heteroatoms. The minimum absolute atomic E-state index is 0.746. The highest BCUT2D eigenvalue weighted by molar-refractivity contribution is 4.86. The van der Waals surface area contributed by atoms with Crippen molar-refractivity contribution < 1.29 is 4.74 Å². The lowest BCUT2D eigenvalue weighted by Crippen LogP contribution is -2.45. The molecule has 2 fully saturated rings. The molecule has 0 bridgehead atoms. The molecule has 4 atom stereocenters. The van der Waals surface area contributed by atoms with Gasteiger partial charge in [0.1, 0.15) is 0 Å². The Balaban J connectivity index is 1.80. The van der Waals surface area contributed by atoms with Crippen LogP contribution in [0.1, 0.15) is 52.9 Å². The van der Waals surface area contributed by atoms with Crippen LogP contribution in [0.25, 0.3) is 0 Å². The van der Waals surface area contributed by atoms with Crippen LogP contribution in [0.2, 0.25) is 0 Å². The molecule has 106 valence electrons. The van der Waals surface area contributed by atoms with Gasteiger partial charge in [-0.1, -0.05) is 27.2 Å². The van der Waals surface area contributed by atoms with E-state index >= 15 is 0 Å². The second kappa shape index (κ2) is 6.91. The summed E-state index contributed by atoms with van der Waals surface area (Å²) in [5, 5.41) is 3.87. The Bertz CT molecular complexity index is 235. The van der Waals surface area contributed by atoms with E-state index in [1.807, 2.05) is 0 Å². The molecule has 18 heavy (non-hydrogen) atoms. The zero-order valence-electron chi connectivity index (χ0n) is 12.5. The third-order valence-electron chi connectivity index (χ3n) is 4.95. The average Bonchev–Trinajstić information content (AvgIpc) is 2.37. The molecule has 1 N–H and O–H groups in total. The van der Waals surface area contributed by atoms with Crippen molar-refractivity contribution in [2.45, 2.75) is 58.9 Å². The first kappa shape index (κ1) is 14.3. The maximum atomic E-state index is 5.58. The van der Waals surface area contributed by atoms with Gasteiger partial charge in [0.2, 0.25) is 0 Å². The first-order valence-corrected chi connectivity index (χ1v) is 7.98. The number of hydrogen-bond acceptors (Lipinski definition) is 2. The lowest BCUT2D eigenvalue weighted by molar-refractivity contribution is 0.0502. The van der Waals surface area contributed by atoms with Crippen LogP contribution in [0.3, 0.4) is 0 Å². The minimum Gasteiger partial charge on any atom is -0.381 e. The lowest BCUT2D eigenvalue weighted by Gasteiger charge is -2.39. The van der Waals surface area contributed by atoms with Crippen molar-refractivity contribution in [1.82, 2.24) is 5.32 Å². The van der Waals surface area contributed by atoms with Crippen LogP contribution in [0.15, 0.2) is 0 Å². The summed E-state index contributed by atoms with van der Waals surface area (Å²) in [5.41, 5.74) is 0. The Morgan fingerprint density at radius 1 is 1.22 bits per heavy atom. The van der Waals surface area contributed by atoms with Crippen molar-refractivity contribution in [2.75, 3.05) is 19.8 Å². The van der Waals surface area contributed by atoms with Gasteiger partial charge in [-0.2, -0.15) is 0 Å². The Hall–Kier alpha value is -0.0800. The largest absolute Gasteiger partial charge is 0.381 e. The van der Waals surface area contributed by atoms with Gasteiger partial charge in [-0.3, -0.25) is 0 Å². The molecule has 1 saturated heterocycles. The summed E-state index contributed by atoms with van der Waals surface area (Å²) in [7, 11) is 0. The van der Waals surface area contributed by atoms with Crippen LogP contribution in [0.4, 0.5) is 0 Å². The molecule has 0 aromatic heterocycles. The molecule has 2 rings (SSSR count). The molecule has 0 aromatic rings. The van der Waals surface area contributed by atoms with Crippen LogP contribution >= 0.6 is 0 Å². The molecule has 0 radical (unpaired) electrons. The molecule has 0 spiro atoms. The summed E-state index contributed by atoms with van der Waals surface area (Å²) in [6.07, 6.45) is 6.81. The topological polar surface area (TPSA) is 21.3 Å². The van der Waals surface area contributed by atoms with Gasteiger partial charge >= 0.3 is 0 Å². The Morgan fingerprint density at radius 2 is 2.06 bits per heavy atom. The number of rotatable bonds is 4. The predicted octanol–water partition coefficient (Wildman–Crippen LogP) is 3.46. The lowest BCUT2D eigenvalue weighted by atomic mass is 9.74. The molecule has 2 aliphatic rings. The van der Waals surface area contributed by atoms with Crippen LogP contribution < -0.4 is 5.32 Å². The highest BCUT2D eigenvalue weighted by atomic mass is 16.5. The van der Waals surface area contributed by atoms with E-state index < -0.39 is 0 Å². The van der Waals surface area contributed by atoms with Crippen molar-refractivity contribution in [3.05, 3.63) is 0 Å². The average molecular weight is 253 g/mol. The monoisotopic (exact) mass is 253 g/mol. The molecule has 1 aliphatic heterocycles. The van der Waals surface area contributed by atoms with E-state index in [1.54, 1.807) is 0 Å². The van der Waals surface area contributed by atoms with Gasteiger partial charge in [0.25, 0.3) is 0 Å². The van der Waals surface area contributed by atoms with Gasteiger partial charge in [0.15, 0.2) is 0 Å². The SMILES string of the molecule is CC1CCC(C(C)C)C(NCC2CCCOC2)C1. The summed E-state index contributed by atoms with van der Waals surface area (Å²) in [6.45, 7) is 10.3. The third kappa shape index (κ3) is 3.96. The fraction of sp³-hybridized carbons (Fsp3) is 1.00. The third-order valence-corrected chi connectivity index (χ3v) is 4.95. The van der Waals surface area contributed by atoms with E-state index in [-0.39, 0.29) is 0 Å². The molecule has 2 nitrogen and oxygen atoms in total. The van der Waals surface area contributed by atoms with Crippen LogP contribution in [-0.4, -0.2) is 25.8 Å². The zero-order valence-corrected chi connectivity index (χ0v) is 12.5. The van der Waals surface area contributed by atoms with Gasteiger partial charge < -0.3 is 10.1 Å². The predicted molar refractivity (Wildman–Crippen MR) is 76.7 cm³/mol. The van der Waals surface area contributed by atoms with E-state index in [0.717, 1.165) is 42.9 Å². The van der Waals surface area contributed by atoms with Gasteiger partial charge in [-0.15, -0.1) is 0 Å². The molecule has 1 saturated carbocycles. The smallest absolute Gasteiger partial charge is 0.0506 e. The molecular weight excluding hydrogens is 222 g/mol. The molecule has 1 heterocycles. The van der Waals surface area contributed by atoms with Crippen molar-refractivity contribution in [1.29, 1.82) is 0 Å². The van der Waals surface area contributed by atoms with Gasteiger partial charge in [0, 0.05) is 19.2 Å². The van der Waals surface area contributed by atoms with Gasteiger partial charge in [-0.05, 0) is 49.4 Å². The summed E-state index contributed by atoms with van der Waals surface area (Å²) in [5.74, 6) is 3.35. The maximum Gasteiger partial charge on any atom is 0.0506 e. The van der Waals surface area contributed by atoms with Crippen molar-refractivity contribution in [2.24, 2.45) is 23.7 Å². The maximum absolute atomic E-state index is 5.58. The quantitative estimate of drug-likeness (QED) is 0.828. The standard InChI is InChI=1S/C16H31NO/c1-12(2)15-7-6-13(3)9-16(15)17-10-14-5-4-8-18-11-14/h12-17H,4-11H2,1-3H3. The highest BCUT2D eigenvalue weighted by Crippen LogP contribution is 2.33. The van der Waals surface area contributed by atoms with E-state index in [2.05, 4.69) is 26.1 Å². The van der Waals surface area contributed by atoms with Gasteiger partial charge in [0.05, 0.1) is 6.61 Å². The van der Waals surface area contributed by atoms with E-state index in [0.29, 0.717) is 0 Å². The van der Waals surface area contributed by atoms with Crippen molar-refractivity contribution in [3.8, 4) is 0 Å². The molecule has 4 unspecified atom stereocenters. The molecular formula is C16H31NO. The molecule has 0 amide bonds. The summed E-state index contributed by atoms with van der Waals surface area (Å²) in [4.78, 5) is 0. The Morgan fingerprint density at radius 3 is 2.72 bits per heavy atom. The van der Waals surface area contributed by atoms with Crippen LogP contribution in [0, 0.1) is 23.7 Å². The first-order chi connectivity index (χ1) is 8.66. The second-order valence-corrected chi connectivity index (χ2v) is 6.92. The van der Waals surface area contributed by atoms with Crippen LogP contribution in [0.5, 0.6) is 0 Å². The summed E-state index contributed by atoms with van der Waals surface area (Å²) < 4.78 is 5.58. The Kier molecular flexibility index (Phi) is 5.50. The van der Waals surface area contributed by atoms with E-state index in [9.17, 15) is 0 Å². The zero-order chi connectivity index (χ0) is 13.0. The number of ether oxygens (including phenoxy) is 1. The fourth-order valence-corrected chi connectivity index (χ4v) is 3.72. The minimum atomic E-state index is 0.746. The fourth-order valence-electron chi connectivity index (χ4n) is 3.72. The number of hydrogen-bond donors (Lipinski definition) is 1. The molecule has 1 aliphatic carbocycles. The summed E-state index contributed by atoms with van der Waals surface area (Å²) in [6, 6.07) is 0.746. The van der Waals surface area contributed by atoms with E-state index in [1.165, 1.54) is 38.6 Å². The normalized spacial score (nSPS) is 38.0. The number of nitrogens with one attached hydrogen (secondary N) is 1. The van der Waals surface area contributed by atoms with Crippen LogP contribution in [-0.2, 0) is 4.74 Å².